The molecule has 0 radical (unpaired) electrons. The Bertz CT molecular complexity index is 365. The highest BCUT2D eigenvalue weighted by Crippen LogP contribution is 2.05. The third-order valence-electron chi connectivity index (χ3n) is 2.41. The summed E-state index contributed by atoms with van der Waals surface area (Å²) in [6.07, 6.45) is 2.70. The molecule has 6 heteroatoms. The highest BCUT2D eigenvalue weighted by Gasteiger charge is 2.06. The molecule has 0 aliphatic rings. The molecule has 1 rings (SSSR count). The minimum Gasteiger partial charge on any atom is -0.355 e. The van der Waals surface area contributed by atoms with Crippen molar-refractivity contribution in [2.45, 2.75) is 19.9 Å². The maximum absolute atomic E-state index is 11.5. The van der Waals surface area contributed by atoms with Crippen molar-refractivity contribution >= 4 is 11.7 Å². The fraction of sp³-hybridized carbons (Fsp3) is 0.500. The summed E-state index contributed by atoms with van der Waals surface area (Å²) < 4.78 is 0. The largest absolute Gasteiger partial charge is 0.355 e. The lowest BCUT2D eigenvalue weighted by molar-refractivity contribution is -0.122. The van der Waals surface area contributed by atoms with Crippen LogP contribution in [0.15, 0.2) is 18.3 Å². The van der Waals surface area contributed by atoms with Crippen molar-refractivity contribution in [1.82, 2.24) is 15.2 Å². The summed E-state index contributed by atoms with van der Waals surface area (Å²) in [5.74, 6) is 5.91. The number of anilines is 1. The number of aromatic nitrogens is 1. The van der Waals surface area contributed by atoms with E-state index in [9.17, 15) is 4.79 Å². The molecule has 0 aliphatic carbocycles. The van der Waals surface area contributed by atoms with Gasteiger partial charge in [-0.2, -0.15) is 0 Å². The van der Waals surface area contributed by atoms with Gasteiger partial charge in [0.15, 0.2) is 0 Å². The van der Waals surface area contributed by atoms with E-state index in [1.165, 1.54) is 0 Å². The molecule has 6 nitrogen and oxygen atoms in total. The van der Waals surface area contributed by atoms with E-state index in [2.05, 4.69) is 15.7 Å². The molecule has 0 bridgehead atoms. The highest BCUT2D eigenvalue weighted by atomic mass is 16.2. The van der Waals surface area contributed by atoms with Crippen LogP contribution in [0.3, 0.4) is 0 Å². The second-order valence-corrected chi connectivity index (χ2v) is 4.22. The number of carbonyl (C=O) groups is 1. The van der Waals surface area contributed by atoms with Crippen LogP contribution in [0.25, 0.3) is 0 Å². The normalized spacial score (nSPS) is 10.4. The van der Waals surface area contributed by atoms with Gasteiger partial charge in [0.2, 0.25) is 5.91 Å². The van der Waals surface area contributed by atoms with E-state index in [0.717, 1.165) is 18.5 Å². The number of amides is 1. The van der Waals surface area contributed by atoms with E-state index in [4.69, 9.17) is 5.84 Å². The van der Waals surface area contributed by atoms with Crippen molar-refractivity contribution < 1.29 is 4.79 Å². The fourth-order valence-electron chi connectivity index (χ4n) is 1.54. The zero-order valence-electron chi connectivity index (χ0n) is 10.9. The number of nitrogens with two attached hydrogens (primary N) is 1. The first kappa shape index (κ1) is 14.4. The number of pyridine rings is 1. The Morgan fingerprint density at radius 2 is 2.28 bits per heavy atom. The molecule has 0 aliphatic heterocycles. The smallest absolute Gasteiger partial charge is 0.234 e. The van der Waals surface area contributed by atoms with Crippen LogP contribution in [0.1, 0.15) is 18.9 Å². The Hall–Kier alpha value is -1.66. The summed E-state index contributed by atoms with van der Waals surface area (Å²) in [4.78, 5) is 17.6. The Kier molecular flexibility index (Phi) is 6.10. The molecule has 1 aromatic rings. The SMILES string of the molecule is CCCNC(=O)CN(C)Cc1ccc(NN)nc1. The van der Waals surface area contributed by atoms with Crippen LogP contribution in [-0.4, -0.2) is 35.9 Å². The van der Waals surface area contributed by atoms with Gasteiger partial charge in [-0.15, -0.1) is 0 Å². The Morgan fingerprint density at radius 3 is 2.83 bits per heavy atom. The molecule has 4 N–H and O–H groups in total. The monoisotopic (exact) mass is 251 g/mol. The van der Waals surface area contributed by atoms with E-state index < -0.39 is 0 Å². The molecule has 0 aromatic carbocycles. The number of likely N-dealkylation sites (N-methyl/N-ethyl adjacent to an activating group) is 1. The van der Waals surface area contributed by atoms with Crippen LogP contribution in [0, 0.1) is 0 Å². The first-order chi connectivity index (χ1) is 8.65. The van der Waals surface area contributed by atoms with Gasteiger partial charge in [-0.1, -0.05) is 13.0 Å². The van der Waals surface area contributed by atoms with Gasteiger partial charge in [0, 0.05) is 19.3 Å². The van der Waals surface area contributed by atoms with Crippen LogP contribution in [0.2, 0.25) is 0 Å². The summed E-state index contributed by atoms with van der Waals surface area (Å²) in [5.41, 5.74) is 3.52. The Morgan fingerprint density at radius 1 is 1.50 bits per heavy atom. The molecule has 0 unspecified atom stereocenters. The van der Waals surface area contributed by atoms with Crippen molar-refractivity contribution in [2.24, 2.45) is 5.84 Å². The minimum absolute atomic E-state index is 0.0487. The van der Waals surface area contributed by atoms with Crippen LogP contribution < -0.4 is 16.6 Å². The summed E-state index contributed by atoms with van der Waals surface area (Å²) >= 11 is 0. The molecule has 0 atom stereocenters. The minimum atomic E-state index is 0.0487. The van der Waals surface area contributed by atoms with Crippen LogP contribution in [0.4, 0.5) is 5.82 Å². The number of hydrazine groups is 1. The van der Waals surface area contributed by atoms with E-state index in [1.807, 2.05) is 24.9 Å². The lowest BCUT2D eigenvalue weighted by atomic mass is 10.2. The van der Waals surface area contributed by atoms with E-state index in [-0.39, 0.29) is 5.91 Å². The highest BCUT2D eigenvalue weighted by molar-refractivity contribution is 5.77. The molecular weight excluding hydrogens is 230 g/mol. The molecule has 18 heavy (non-hydrogen) atoms. The zero-order valence-corrected chi connectivity index (χ0v) is 10.9. The average molecular weight is 251 g/mol. The van der Waals surface area contributed by atoms with Crippen molar-refractivity contribution in [1.29, 1.82) is 0 Å². The quantitative estimate of drug-likeness (QED) is 0.480. The molecule has 0 fully saturated rings. The van der Waals surface area contributed by atoms with Gasteiger partial charge >= 0.3 is 0 Å². The predicted octanol–water partition coefficient (Wildman–Crippen LogP) is 0.325. The lowest BCUT2D eigenvalue weighted by Crippen LogP contribution is -2.35. The second-order valence-electron chi connectivity index (χ2n) is 4.22. The summed E-state index contributed by atoms with van der Waals surface area (Å²) in [6.45, 7) is 3.82. The van der Waals surface area contributed by atoms with Crippen molar-refractivity contribution in [3.8, 4) is 0 Å². The summed E-state index contributed by atoms with van der Waals surface area (Å²) in [5, 5.41) is 2.84. The van der Waals surface area contributed by atoms with Gasteiger partial charge in [-0.05, 0) is 25.1 Å². The van der Waals surface area contributed by atoms with Gasteiger partial charge in [0.1, 0.15) is 5.82 Å². The first-order valence-corrected chi connectivity index (χ1v) is 6.02. The average Bonchev–Trinajstić information content (AvgIpc) is 2.37. The van der Waals surface area contributed by atoms with Gasteiger partial charge < -0.3 is 10.7 Å². The summed E-state index contributed by atoms with van der Waals surface area (Å²) in [7, 11) is 1.90. The number of hydrogen-bond acceptors (Lipinski definition) is 5. The van der Waals surface area contributed by atoms with Crippen molar-refractivity contribution in [2.75, 3.05) is 25.6 Å². The molecule has 0 spiro atoms. The molecule has 0 saturated heterocycles. The van der Waals surface area contributed by atoms with E-state index >= 15 is 0 Å². The zero-order chi connectivity index (χ0) is 13.4. The number of nitrogens with zero attached hydrogens (tertiary/aromatic N) is 2. The molecule has 1 amide bonds. The lowest BCUT2D eigenvalue weighted by Gasteiger charge is -2.16. The van der Waals surface area contributed by atoms with E-state index in [1.54, 1.807) is 12.3 Å². The number of nitrogens with one attached hydrogen (secondary N) is 2. The maximum atomic E-state index is 11.5. The summed E-state index contributed by atoms with van der Waals surface area (Å²) in [6, 6.07) is 3.74. The third-order valence-corrected chi connectivity index (χ3v) is 2.41. The Balaban J connectivity index is 2.38. The van der Waals surface area contributed by atoms with Crippen LogP contribution >= 0.6 is 0 Å². The van der Waals surface area contributed by atoms with Crippen molar-refractivity contribution in [3.05, 3.63) is 23.9 Å². The van der Waals surface area contributed by atoms with Crippen LogP contribution in [0.5, 0.6) is 0 Å². The standard InChI is InChI=1S/C12H21N5O/c1-3-6-14-12(18)9-17(2)8-10-4-5-11(16-13)15-7-10/h4-5,7H,3,6,8-9,13H2,1-2H3,(H,14,18)(H,15,16). The number of carbonyl (C=O) groups excluding carboxylic acids is 1. The number of rotatable bonds is 7. The van der Waals surface area contributed by atoms with Gasteiger partial charge in [0.25, 0.3) is 0 Å². The molecule has 100 valence electrons. The third kappa shape index (κ3) is 5.11. The van der Waals surface area contributed by atoms with Crippen LogP contribution in [-0.2, 0) is 11.3 Å². The molecule has 0 saturated carbocycles. The first-order valence-electron chi connectivity index (χ1n) is 6.02. The fourth-order valence-corrected chi connectivity index (χ4v) is 1.54. The van der Waals surface area contributed by atoms with Crippen molar-refractivity contribution in [3.63, 3.8) is 0 Å². The Labute approximate surface area is 108 Å². The number of hydrogen-bond donors (Lipinski definition) is 3. The maximum Gasteiger partial charge on any atom is 0.234 e. The van der Waals surface area contributed by atoms with Gasteiger partial charge in [-0.3, -0.25) is 9.69 Å². The topological polar surface area (TPSA) is 83.3 Å². The van der Waals surface area contributed by atoms with Gasteiger partial charge in [0.05, 0.1) is 6.54 Å². The number of nitrogen functional groups attached to an aromatic ring is 1. The second kappa shape index (κ2) is 7.62. The molecular formula is C12H21N5O. The molecule has 1 aromatic heterocycles. The predicted molar refractivity (Wildman–Crippen MR) is 71.7 cm³/mol. The van der Waals surface area contributed by atoms with Gasteiger partial charge in [-0.25, -0.2) is 10.8 Å². The molecule has 1 heterocycles. The van der Waals surface area contributed by atoms with E-state index in [0.29, 0.717) is 18.9 Å².